The second-order valence-electron chi connectivity index (χ2n) is 13.0. The third-order valence-corrected chi connectivity index (χ3v) is 11.7. The van der Waals surface area contributed by atoms with Gasteiger partial charge in [0.25, 0.3) is 0 Å². The zero-order valence-corrected chi connectivity index (χ0v) is 28.8. The molecule has 6 rings (SSSR count). The van der Waals surface area contributed by atoms with Crippen LogP contribution in [0.1, 0.15) is 77.6 Å². The fourth-order valence-electron chi connectivity index (χ4n) is 7.67. The van der Waals surface area contributed by atoms with Crippen LogP contribution in [0.3, 0.4) is 0 Å². The zero-order chi connectivity index (χ0) is 34.7. The number of carbonyl (C=O) groups excluding carboxylic acids is 1. The van der Waals surface area contributed by atoms with E-state index in [1.165, 1.54) is 10.4 Å². The van der Waals surface area contributed by atoms with E-state index in [-0.39, 0.29) is 36.4 Å². The molecule has 2 aliphatic heterocycles. The maximum atomic E-state index is 14.3. The summed E-state index contributed by atoms with van der Waals surface area (Å²) < 4.78 is 82.5. The monoisotopic (exact) mass is 686 g/mol. The van der Waals surface area contributed by atoms with Crippen LogP contribution in [0.15, 0.2) is 47.4 Å². The highest BCUT2D eigenvalue weighted by Gasteiger charge is 2.43. The molecule has 0 aromatic heterocycles. The normalized spacial score (nSPS) is 20.9. The van der Waals surface area contributed by atoms with E-state index in [9.17, 15) is 26.4 Å². The summed E-state index contributed by atoms with van der Waals surface area (Å²) in [5, 5.41) is 3.72. The Morgan fingerprint density at radius 3 is 2.54 bits per heavy atom. The molecule has 9 nitrogen and oxygen atoms in total. The molecule has 1 aliphatic carbocycles. The molecule has 0 saturated heterocycles. The molecule has 48 heavy (non-hydrogen) atoms. The van der Waals surface area contributed by atoms with Gasteiger partial charge in [-0.05, 0) is 96.7 Å². The minimum absolute atomic E-state index is 0.0512. The Morgan fingerprint density at radius 1 is 1.10 bits per heavy atom. The fraction of sp³-hybridized carbons (Fsp3) is 0.457. The van der Waals surface area contributed by atoms with Gasteiger partial charge in [0.05, 0.1) is 42.3 Å². The quantitative estimate of drug-likeness (QED) is 0.291. The Kier molecular flexibility index (Phi) is 8.92. The van der Waals surface area contributed by atoms with Crippen LogP contribution < -0.4 is 20.3 Å². The molecule has 3 aromatic rings. The number of fused-ring (bicyclic) bond motifs is 3. The molecule has 3 aromatic carbocycles. The first kappa shape index (κ1) is 34.1. The van der Waals surface area contributed by atoms with Gasteiger partial charge in [-0.25, -0.2) is 8.42 Å². The van der Waals surface area contributed by atoms with Crippen molar-refractivity contribution in [3.8, 4) is 5.75 Å². The first-order valence-electron chi connectivity index (χ1n) is 16.1. The first-order chi connectivity index (χ1) is 22.6. The molecular formula is C35H41F3N4O5S. The van der Waals surface area contributed by atoms with Crippen molar-refractivity contribution >= 4 is 27.4 Å². The summed E-state index contributed by atoms with van der Waals surface area (Å²) in [6.45, 7) is 6.02. The summed E-state index contributed by atoms with van der Waals surface area (Å²) in [6.07, 6.45) is -3.27. The van der Waals surface area contributed by atoms with Crippen molar-refractivity contribution < 1.29 is 35.9 Å². The number of benzene rings is 3. The number of hydrogen-bond acceptors (Lipinski definition) is 8. The van der Waals surface area contributed by atoms with Crippen molar-refractivity contribution in [1.29, 1.82) is 0 Å². The highest BCUT2D eigenvalue weighted by molar-refractivity contribution is 7.89. The third kappa shape index (κ3) is 5.90. The van der Waals surface area contributed by atoms with E-state index in [1.54, 1.807) is 14.0 Å². The standard InChI is InChI=1S/C35H41F3N4O5S/c1-7-47-32(43)18-27(23-15-29-34(30(16-23)46-6)41(5)39-40(29)4)25-11-8-21(3)33-26(25)12-13-28(33)42-19-20(2)14-22-9-10-24(35(36,37)38)17-31(22)48(42,44)45/h8-11,15-17,20,27-28,39H,7,12-14,18-19H2,1-6H3/t20-,27?,28?/m0/s1. The van der Waals surface area contributed by atoms with Crippen molar-refractivity contribution in [2.75, 3.05) is 44.4 Å². The van der Waals surface area contributed by atoms with Gasteiger partial charge < -0.3 is 9.47 Å². The first-order valence-corrected chi connectivity index (χ1v) is 17.5. The van der Waals surface area contributed by atoms with E-state index in [1.807, 2.05) is 62.2 Å². The minimum atomic E-state index is -4.67. The number of rotatable bonds is 7. The average molecular weight is 687 g/mol. The molecule has 2 unspecified atom stereocenters. The SMILES string of the molecule is CCOC(=O)CC(c1cc(OC)c2c(c1)N(C)NN2C)c1ccc(C)c2c1CCC2N1C[C@@H](C)Cc2ccc(C(F)(F)F)cc2S1(=O)=O. The van der Waals surface area contributed by atoms with Gasteiger partial charge in [0.15, 0.2) is 0 Å². The zero-order valence-electron chi connectivity index (χ0n) is 27.9. The molecule has 2 heterocycles. The van der Waals surface area contributed by atoms with Gasteiger partial charge in [0.1, 0.15) is 11.4 Å². The van der Waals surface area contributed by atoms with E-state index in [4.69, 9.17) is 9.47 Å². The van der Waals surface area contributed by atoms with Gasteiger partial charge in [0.2, 0.25) is 10.0 Å². The second kappa shape index (κ2) is 12.6. The number of ether oxygens (including phenoxy) is 2. The number of sulfonamides is 1. The van der Waals surface area contributed by atoms with E-state index in [0.717, 1.165) is 51.3 Å². The molecule has 3 aliphatic rings. The number of aryl methyl sites for hydroxylation is 1. The van der Waals surface area contributed by atoms with Crippen molar-refractivity contribution in [2.45, 2.75) is 69.5 Å². The van der Waals surface area contributed by atoms with Gasteiger partial charge in [-0.15, -0.1) is 5.53 Å². The number of nitrogens with one attached hydrogen (secondary N) is 1. The number of hydrazine groups is 2. The Morgan fingerprint density at radius 2 is 1.85 bits per heavy atom. The fourth-order valence-corrected chi connectivity index (χ4v) is 9.68. The highest BCUT2D eigenvalue weighted by Crippen LogP contribution is 2.49. The van der Waals surface area contributed by atoms with Crippen molar-refractivity contribution in [3.63, 3.8) is 0 Å². The maximum Gasteiger partial charge on any atom is 0.416 e. The summed E-state index contributed by atoms with van der Waals surface area (Å²) in [7, 11) is 1.07. The van der Waals surface area contributed by atoms with Crippen LogP contribution in [0.2, 0.25) is 0 Å². The Balaban J connectivity index is 1.48. The number of carbonyl (C=O) groups is 1. The molecule has 0 fully saturated rings. The topological polar surface area (TPSA) is 91.4 Å². The second-order valence-corrected chi connectivity index (χ2v) is 14.9. The van der Waals surface area contributed by atoms with Gasteiger partial charge in [-0.2, -0.15) is 17.5 Å². The van der Waals surface area contributed by atoms with Crippen LogP contribution >= 0.6 is 0 Å². The lowest BCUT2D eigenvalue weighted by Gasteiger charge is -2.30. The minimum Gasteiger partial charge on any atom is -0.494 e. The van der Waals surface area contributed by atoms with E-state index >= 15 is 0 Å². The molecule has 0 spiro atoms. The number of halogens is 3. The Hall–Kier alpha value is -3.81. The van der Waals surface area contributed by atoms with Crippen LogP contribution in [0.25, 0.3) is 0 Å². The van der Waals surface area contributed by atoms with Gasteiger partial charge in [-0.1, -0.05) is 25.1 Å². The van der Waals surface area contributed by atoms with Crippen molar-refractivity contribution in [1.82, 2.24) is 9.84 Å². The number of hydrogen-bond donors (Lipinski definition) is 1. The Bertz CT molecular complexity index is 1870. The van der Waals surface area contributed by atoms with Crippen LogP contribution in [0.5, 0.6) is 5.75 Å². The summed E-state index contributed by atoms with van der Waals surface area (Å²) in [5.74, 6) is -0.302. The molecule has 3 atom stereocenters. The van der Waals surface area contributed by atoms with Crippen molar-refractivity contribution in [2.24, 2.45) is 5.92 Å². The number of alkyl halides is 3. The lowest BCUT2D eigenvalue weighted by atomic mass is 9.83. The molecule has 0 radical (unpaired) electrons. The number of esters is 1. The predicted molar refractivity (Wildman–Crippen MR) is 176 cm³/mol. The lowest BCUT2D eigenvalue weighted by Crippen LogP contribution is -2.39. The van der Waals surface area contributed by atoms with Crippen LogP contribution in [-0.4, -0.2) is 53.0 Å². The molecule has 258 valence electrons. The maximum absolute atomic E-state index is 14.3. The summed E-state index contributed by atoms with van der Waals surface area (Å²) in [4.78, 5) is 12.8. The number of anilines is 2. The van der Waals surface area contributed by atoms with E-state index in [2.05, 4.69) is 5.53 Å². The summed E-state index contributed by atoms with van der Waals surface area (Å²) in [6, 6.07) is 10.4. The van der Waals surface area contributed by atoms with Gasteiger partial charge >= 0.3 is 12.1 Å². The number of methoxy groups -OCH3 is 1. The molecule has 13 heteroatoms. The van der Waals surface area contributed by atoms with Crippen molar-refractivity contribution in [3.05, 3.63) is 81.4 Å². The highest BCUT2D eigenvalue weighted by atomic mass is 32.2. The number of nitrogens with zero attached hydrogens (tertiary/aromatic N) is 3. The summed E-state index contributed by atoms with van der Waals surface area (Å²) in [5.41, 5.74) is 8.75. The van der Waals surface area contributed by atoms with E-state index in [0.29, 0.717) is 30.6 Å². The lowest BCUT2D eigenvalue weighted by molar-refractivity contribution is -0.143. The molecule has 0 bridgehead atoms. The largest absolute Gasteiger partial charge is 0.494 e. The Labute approximate surface area is 279 Å². The van der Waals surface area contributed by atoms with E-state index < -0.39 is 33.7 Å². The molecule has 0 saturated carbocycles. The van der Waals surface area contributed by atoms with Crippen LogP contribution in [0.4, 0.5) is 24.5 Å². The molecular weight excluding hydrogens is 645 g/mol. The smallest absolute Gasteiger partial charge is 0.416 e. The van der Waals surface area contributed by atoms with Gasteiger partial charge in [-0.3, -0.25) is 14.8 Å². The molecule has 0 amide bonds. The van der Waals surface area contributed by atoms with Crippen LogP contribution in [0, 0.1) is 12.8 Å². The third-order valence-electron chi connectivity index (χ3n) is 9.75. The summed E-state index contributed by atoms with van der Waals surface area (Å²) >= 11 is 0. The predicted octanol–water partition coefficient (Wildman–Crippen LogP) is 6.28. The average Bonchev–Trinajstić information content (AvgIpc) is 3.56. The molecule has 1 N–H and O–H groups in total. The van der Waals surface area contributed by atoms with Crippen LogP contribution in [-0.2, 0) is 38.6 Å². The van der Waals surface area contributed by atoms with Gasteiger partial charge in [0, 0.05) is 26.6 Å².